The van der Waals surface area contributed by atoms with Gasteiger partial charge in [0.2, 0.25) is 0 Å². The van der Waals surface area contributed by atoms with Crippen molar-refractivity contribution in [3.63, 3.8) is 0 Å². The topological polar surface area (TPSA) is 44.5 Å². The highest BCUT2D eigenvalue weighted by molar-refractivity contribution is 5.15. The molecule has 0 bridgehead atoms. The van der Waals surface area contributed by atoms with E-state index in [9.17, 15) is 0 Å². The lowest BCUT2D eigenvalue weighted by molar-refractivity contribution is -0.273. The minimum absolute atomic E-state index is 0.268. The van der Waals surface area contributed by atoms with Gasteiger partial charge in [-0.25, -0.2) is 0 Å². The van der Waals surface area contributed by atoms with E-state index in [1.807, 2.05) is 0 Å². The first-order valence-corrected chi connectivity index (χ1v) is 13.3. The molecule has 0 radical (unpaired) electrons. The largest absolute Gasteiger partial charge is 0.349 e. The molecule has 2 saturated heterocycles. The van der Waals surface area contributed by atoms with Crippen LogP contribution in [0.1, 0.15) is 91.9 Å². The molecule has 12 atom stereocenters. The van der Waals surface area contributed by atoms with Crippen LogP contribution in [0.2, 0.25) is 0 Å². The standard InChI is InChI=1S/C27H45NO2/c1-16-7-12-27(29-15-16)17(2)24-23(30-27)14-22-20-6-5-18-13-19(28)8-10-25(18,3)21(20)9-11-26(22,24)4/h16-24H,5-15,28H2,1-4H3. The van der Waals surface area contributed by atoms with Crippen LogP contribution >= 0.6 is 0 Å². The maximum atomic E-state index is 6.92. The van der Waals surface area contributed by atoms with Gasteiger partial charge in [0.05, 0.1) is 12.7 Å². The molecule has 3 nitrogen and oxygen atoms in total. The summed E-state index contributed by atoms with van der Waals surface area (Å²) in [6.45, 7) is 11.0. The number of rotatable bonds is 0. The van der Waals surface area contributed by atoms with Gasteiger partial charge in [0, 0.05) is 18.4 Å². The third kappa shape index (κ3) is 2.61. The fourth-order valence-electron chi connectivity index (χ4n) is 10.3. The summed E-state index contributed by atoms with van der Waals surface area (Å²) >= 11 is 0. The van der Waals surface area contributed by atoms with Crippen molar-refractivity contribution in [1.82, 2.24) is 0 Å². The van der Waals surface area contributed by atoms with Crippen LogP contribution in [0.25, 0.3) is 0 Å². The predicted octanol–water partition coefficient (Wildman–Crippen LogP) is 5.76. The summed E-state index contributed by atoms with van der Waals surface area (Å²) in [6, 6.07) is 0.461. The third-order valence-corrected chi connectivity index (χ3v) is 12.0. The first-order chi connectivity index (χ1) is 14.3. The van der Waals surface area contributed by atoms with E-state index in [-0.39, 0.29) is 5.79 Å². The number of hydrogen-bond donors (Lipinski definition) is 1. The molecule has 0 aromatic heterocycles. The highest BCUT2D eigenvalue weighted by atomic mass is 16.7. The summed E-state index contributed by atoms with van der Waals surface area (Å²) in [6.07, 6.45) is 13.7. The number of hydrogen-bond acceptors (Lipinski definition) is 3. The molecule has 3 heteroatoms. The lowest BCUT2D eigenvalue weighted by Crippen LogP contribution is -2.55. The second kappa shape index (κ2) is 6.70. The molecule has 4 aliphatic carbocycles. The lowest BCUT2D eigenvalue weighted by Gasteiger charge is -2.61. The van der Waals surface area contributed by atoms with Crippen LogP contribution in [0.15, 0.2) is 0 Å². The fraction of sp³-hybridized carbons (Fsp3) is 1.00. The monoisotopic (exact) mass is 415 g/mol. The van der Waals surface area contributed by atoms with Gasteiger partial charge in [0.15, 0.2) is 5.79 Å². The zero-order valence-electron chi connectivity index (χ0n) is 19.9. The Morgan fingerprint density at radius 1 is 0.833 bits per heavy atom. The van der Waals surface area contributed by atoms with E-state index in [1.54, 1.807) is 0 Å². The highest BCUT2D eigenvalue weighted by Gasteiger charge is 2.69. The average Bonchev–Trinajstić information content (AvgIpc) is 3.16. The Morgan fingerprint density at radius 2 is 1.63 bits per heavy atom. The van der Waals surface area contributed by atoms with Gasteiger partial charge in [0.25, 0.3) is 0 Å². The second-order valence-corrected chi connectivity index (χ2v) is 13.2. The zero-order chi connectivity index (χ0) is 20.9. The molecule has 170 valence electrons. The highest BCUT2D eigenvalue weighted by Crippen LogP contribution is 2.71. The van der Waals surface area contributed by atoms with Gasteiger partial charge >= 0.3 is 0 Å². The molecule has 6 rings (SSSR count). The summed E-state index contributed by atoms with van der Waals surface area (Å²) in [5.41, 5.74) is 7.40. The summed E-state index contributed by atoms with van der Waals surface area (Å²) in [5.74, 6) is 5.25. The van der Waals surface area contributed by atoms with Crippen LogP contribution in [-0.2, 0) is 9.47 Å². The number of ether oxygens (including phenoxy) is 2. The van der Waals surface area contributed by atoms with E-state index in [4.69, 9.17) is 15.2 Å². The minimum Gasteiger partial charge on any atom is -0.349 e. The quantitative estimate of drug-likeness (QED) is 0.547. The number of nitrogens with two attached hydrogens (primary N) is 1. The molecule has 6 fully saturated rings. The zero-order valence-corrected chi connectivity index (χ0v) is 19.9. The van der Waals surface area contributed by atoms with Crippen LogP contribution in [0.5, 0.6) is 0 Å². The maximum Gasteiger partial charge on any atom is 0.171 e. The van der Waals surface area contributed by atoms with Crippen molar-refractivity contribution in [2.75, 3.05) is 6.61 Å². The summed E-state index contributed by atoms with van der Waals surface area (Å²) in [4.78, 5) is 0. The van der Waals surface area contributed by atoms with Crippen molar-refractivity contribution in [2.45, 2.75) is 110 Å². The van der Waals surface area contributed by atoms with Crippen molar-refractivity contribution in [1.29, 1.82) is 0 Å². The van der Waals surface area contributed by atoms with Crippen LogP contribution in [0, 0.1) is 52.3 Å². The van der Waals surface area contributed by atoms with Gasteiger partial charge in [-0.2, -0.15) is 0 Å². The summed E-state index contributed by atoms with van der Waals surface area (Å²) in [7, 11) is 0. The molecule has 4 saturated carbocycles. The molecule has 1 spiro atoms. The molecule has 12 unspecified atom stereocenters. The van der Waals surface area contributed by atoms with Crippen LogP contribution in [0.3, 0.4) is 0 Å². The van der Waals surface area contributed by atoms with Crippen molar-refractivity contribution in [2.24, 2.45) is 58.0 Å². The average molecular weight is 416 g/mol. The van der Waals surface area contributed by atoms with Crippen LogP contribution < -0.4 is 5.73 Å². The Labute approximate surface area is 184 Å². The molecule has 0 amide bonds. The van der Waals surface area contributed by atoms with E-state index in [1.165, 1.54) is 57.8 Å². The Bertz CT molecular complexity index is 686. The smallest absolute Gasteiger partial charge is 0.171 e. The van der Waals surface area contributed by atoms with E-state index in [0.717, 1.165) is 36.7 Å². The van der Waals surface area contributed by atoms with E-state index < -0.39 is 0 Å². The van der Waals surface area contributed by atoms with Crippen LogP contribution in [0.4, 0.5) is 0 Å². The molecular formula is C27H45NO2. The van der Waals surface area contributed by atoms with Gasteiger partial charge in [-0.1, -0.05) is 27.7 Å². The van der Waals surface area contributed by atoms with Crippen molar-refractivity contribution in [3.8, 4) is 0 Å². The molecule has 2 heterocycles. The maximum absolute atomic E-state index is 6.92. The van der Waals surface area contributed by atoms with Crippen molar-refractivity contribution < 1.29 is 9.47 Å². The second-order valence-electron chi connectivity index (χ2n) is 13.2. The Morgan fingerprint density at radius 3 is 2.40 bits per heavy atom. The first kappa shape index (κ1) is 20.5. The van der Waals surface area contributed by atoms with Gasteiger partial charge in [-0.3, -0.25) is 0 Å². The predicted molar refractivity (Wildman–Crippen MR) is 120 cm³/mol. The fourth-order valence-corrected chi connectivity index (χ4v) is 10.3. The van der Waals surface area contributed by atoms with E-state index in [0.29, 0.717) is 40.7 Å². The van der Waals surface area contributed by atoms with E-state index in [2.05, 4.69) is 27.7 Å². The lowest BCUT2D eigenvalue weighted by atomic mass is 9.44. The molecule has 2 aliphatic heterocycles. The minimum atomic E-state index is -0.268. The molecule has 0 aromatic rings. The Hall–Kier alpha value is -0.120. The van der Waals surface area contributed by atoms with Crippen LogP contribution in [-0.4, -0.2) is 24.5 Å². The third-order valence-electron chi connectivity index (χ3n) is 12.0. The molecule has 6 aliphatic rings. The molecule has 2 N–H and O–H groups in total. The summed E-state index contributed by atoms with van der Waals surface area (Å²) in [5, 5.41) is 0. The normalized spacial score (nSPS) is 62.5. The molecular weight excluding hydrogens is 370 g/mol. The van der Waals surface area contributed by atoms with Gasteiger partial charge in [0.1, 0.15) is 0 Å². The van der Waals surface area contributed by atoms with Gasteiger partial charge < -0.3 is 15.2 Å². The summed E-state index contributed by atoms with van der Waals surface area (Å²) < 4.78 is 13.4. The first-order valence-electron chi connectivity index (χ1n) is 13.3. The van der Waals surface area contributed by atoms with Crippen molar-refractivity contribution >= 4 is 0 Å². The SMILES string of the molecule is CC1CCC2(OC1)OC1CC3C4CCC5CC(N)CCC5(C)C4CCC3(C)C1C2C. The van der Waals surface area contributed by atoms with E-state index >= 15 is 0 Å². The Balaban J connectivity index is 1.26. The number of fused-ring (bicyclic) bond motifs is 7. The Kier molecular flexibility index (Phi) is 4.58. The molecule has 0 aromatic carbocycles. The van der Waals surface area contributed by atoms with Gasteiger partial charge in [-0.05, 0) is 104 Å². The van der Waals surface area contributed by atoms with Crippen molar-refractivity contribution in [3.05, 3.63) is 0 Å². The van der Waals surface area contributed by atoms with Gasteiger partial charge in [-0.15, -0.1) is 0 Å². The molecule has 30 heavy (non-hydrogen) atoms.